The summed E-state index contributed by atoms with van der Waals surface area (Å²) in [5, 5.41) is 4.70. The third-order valence-corrected chi connectivity index (χ3v) is 3.39. The summed E-state index contributed by atoms with van der Waals surface area (Å²) < 4.78 is 11.6. The largest absolute Gasteiger partial charge is 0.493 e. The van der Waals surface area contributed by atoms with Gasteiger partial charge in [-0.05, 0) is 35.9 Å². The number of rotatable bonds is 4. The first kappa shape index (κ1) is 14.8. The van der Waals surface area contributed by atoms with Gasteiger partial charge in [0.1, 0.15) is 6.33 Å². The lowest BCUT2D eigenvalue weighted by Crippen LogP contribution is -2.16. The lowest BCUT2D eigenvalue weighted by molar-refractivity contribution is 0.355. The SMILES string of the molecule is COc1ccc(C=Nn2cnc3ccccc3c2=O)cc1OC. The first-order chi connectivity index (χ1) is 11.2. The second-order valence-corrected chi connectivity index (χ2v) is 4.77. The molecule has 0 saturated heterocycles. The fourth-order valence-corrected chi connectivity index (χ4v) is 2.20. The minimum atomic E-state index is -0.215. The van der Waals surface area contributed by atoms with E-state index in [2.05, 4.69) is 10.1 Å². The molecule has 0 aliphatic heterocycles. The van der Waals surface area contributed by atoms with Crippen molar-refractivity contribution in [1.82, 2.24) is 9.66 Å². The number of aromatic nitrogens is 2. The molecule has 0 aliphatic carbocycles. The third kappa shape index (κ3) is 2.91. The normalized spacial score (nSPS) is 11.0. The average Bonchev–Trinajstić information content (AvgIpc) is 2.61. The molecule has 116 valence electrons. The van der Waals surface area contributed by atoms with E-state index >= 15 is 0 Å². The van der Waals surface area contributed by atoms with Crippen molar-refractivity contribution in [3.8, 4) is 11.5 Å². The summed E-state index contributed by atoms with van der Waals surface area (Å²) in [6, 6.07) is 12.5. The standard InChI is InChI=1S/C17H15N3O3/c1-22-15-8-7-12(9-16(15)23-2)10-19-20-11-18-14-6-4-3-5-13(14)17(20)21/h3-11H,1-2H3. The highest BCUT2D eigenvalue weighted by molar-refractivity contribution is 5.81. The summed E-state index contributed by atoms with van der Waals surface area (Å²) in [7, 11) is 3.14. The van der Waals surface area contributed by atoms with Gasteiger partial charge in [0, 0.05) is 0 Å². The number of fused-ring (bicyclic) bond motifs is 1. The Kier molecular flexibility index (Phi) is 4.05. The summed E-state index contributed by atoms with van der Waals surface area (Å²) in [5.41, 5.74) is 1.21. The minimum absolute atomic E-state index is 0.215. The van der Waals surface area contributed by atoms with Crippen molar-refractivity contribution >= 4 is 17.1 Å². The maximum atomic E-state index is 12.3. The van der Waals surface area contributed by atoms with Crippen molar-refractivity contribution in [2.75, 3.05) is 14.2 Å². The molecule has 0 bridgehead atoms. The molecule has 0 amide bonds. The fraction of sp³-hybridized carbons (Fsp3) is 0.118. The molecule has 3 aromatic rings. The number of benzene rings is 2. The van der Waals surface area contributed by atoms with E-state index in [4.69, 9.17) is 9.47 Å². The molecule has 0 N–H and O–H groups in total. The Hall–Kier alpha value is -3.15. The molecule has 6 nitrogen and oxygen atoms in total. The zero-order valence-corrected chi connectivity index (χ0v) is 12.8. The first-order valence-electron chi connectivity index (χ1n) is 6.95. The van der Waals surface area contributed by atoms with Gasteiger partial charge in [0.05, 0.1) is 31.3 Å². The maximum absolute atomic E-state index is 12.3. The number of ether oxygens (including phenoxy) is 2. The van der Waals surface area contributed by atoms with Crippen LogP contribution in [0.25, 0.3) is 10.9 Å². The quantitative estimate of drug-likeness (QED) is 0.694. The second-order valence-electron chi connectivity index (χ2n) is 4.77. The van der Waals surface area contributed by atoms with Crippen LogP contribution >= 0.6 is 0 Å². The van der Waals surface area contributed by atoms with E-state index in [1.165, 1.54) is 11.0 Å². The van der Waals surface area contributed by atoms with Gasteiger partial charge in [-0.3, -0.25) is 4.79 Å². The number of methoxy groups -OCH3 is 2. The van der Waals surface area contributed by atoms with Crippen LogP contribution < -0.4 is 15.0 Å². The molecule has 0 atom stereocenters. The molecule has 2 aromatic carbocycles. The van der Waals surface area contributed by atoms with Crippen molar-refractivity contribution in [3.63, 3.8) is 0 Å². The Labute approximate surface area is 132 Å². The average molecular weight is 309 g/mol. The van der Waals surface area contributed by atoms with Crippen LogP contribution in [0.2, 0.25) is 0 Å². The van der Waals surface area contributed by atoms with Gasteiger partial charge >= 0.3 is 0 Å². The highest BCUT2D eigenvalue weighted by Gasteiger charge is 2.04. The van der Waals surface area contributed by atoms with E-state index in [9.17, 15) is 4.79 Å². The van der Waals surface area contributed by atoms with Gasteiger partial charge < -0.3 is 9.47 Å². The summed E-state index contributed by atoms with van der Waals surface area (Å²) in [6.07, 6.45) is 2.97. The number of hydrogen-bond acceptors (Lipinski definition) is 5. The molecule has 1 aromatic heterocycles. The lowest BCUT2D eigenvalue weighted by atomic mass is 10.2. The van der Waals surface area contributed by atoms with Crippen molar-refractivity contribution in [1.29, 1.82) is 0 Å². The molecular weight excluding hydrogens is 294 g/mol. The highest BCUT2D eigenvalue weighted by Crippen LogP contribution is 2.26. The van der Waals surface area contributed by atoms with Crippen LogP contribution in [0.1, 0.15) is 5.56 Å². The van der Waals surface area contributed by atoms with E-state index in [0.29, 0.717) is 22.4 Å². The third-order valence-electron chi connectivity index (χ3n) is 3.39. The van der Waals surface area contributed by atoms with Gasteiger partial charge in [0.25, 0.3) is 5.56 Å². The van der Waals surface area contributed by atoms with Gasteiger partial charge in [0.15, 0.2) is 11.5 Å². The molecule has 3 rings (SSSR count). The number of hydrogen-bond donors (Lipinski definition) is 0. The van der Waals surface area contributed by atoms with Crippen LogP contribution in [0.3, 0.4) is 0 Å². The second kappa shape index (κ2) is 6.31. The Morgan fingerprint density at radius 2 is 1.87 bits per heavy atom. The minimum Gasteiger partial charge on any atom is -0.493 e. The van der Waals surface area contributed by atoms with Crippen LogP contribution in [0.15, 0.2) is 58.7 Å². The van der Waals surface area contributed by atoms with E-state index in [1.807, 2.05) is 12.1 Å². The van der Waals surface area contributed by atoms with E-state index in [1.54, 1.807) is 50.8 Å². The van der Waals surface area contributed by atoms with Gasteiger partial charge in [0.2, 0.25) is 0 Å². The van der Waals surface area contributed by atoms with E-state index in [0.717, 1.165) is 5.56 Å². The summed E-state index contributed by atoms with van der Waals surface area (Å²) in [5.74, 6) is 1.23. The van der Waals surface area contributed by atoms with Gasteiger partial charge in [-0.15, -0.1) is 0 Å². The predicted molar refractivity (Wildman–Crippen MR) is 88.5 cm³/mol. The van der Waals surface area contributed by atoms with Gasteiger partial charge in [-0.25, -0.2) is 4.98 Å². The summed E-state index contributed by atoms with van der Waals surface area (Å²) in [6.45, 7) is 0. The molecule has 0 fully saturated rings. The molecule has 23 heavy (non-hydrogen) atoms. The van der Waals surface area contributed by atoms with Crippen LogP contribution in [0.5, 0.6) is 11.5 Å². The maximum Gasteiger partial charge on any atom is 0.281 e. The van der Waals surface area contributed by atoms with E-state index < -0.39 is 0 Å². The summed E-state index contributed by atoms with van der Waals surface area (Å²) in [4.78, 5) is 16.6. The summed E-state index contributed by atoms with van der Waals surface area (Å²) >= 11 is 0. The van der Waals surface area contributed by atoms with Crippen molar-refractivity contribution in [3.05, 3.63) is 64.7 Å². The van der Waals surface area contributed by atoms with Crippen molar-refractivity contribution < 1.29 is 9.47 Å². The molecule has 0 unspecified atom stereocenters. The Bertz CT molecular complexity index is 932. The smallest absolute Gasteiger partial charge is 0.281 e. The van der Waals surface area contributed by atoms with E-state index in [-0.39, 0.29) is 5.56 Å². The van der Waals surface area contributed by atoms with Crippen LogP contribution in [-0.2, 0) is 0 Å². The first-order valence-corrected chi connectivity index (χ1v) is 6.95. The molecule has 6 heteroatoms. The van der Waals surface area contributed by atoms with Crippen LogP contribution in [0, 0.1) is 0 Å². The molecule has 0 spiro atoms. The Morgan fingerprint density at radius 1 is 1.09 bits per heavy atom. The lowest BCUT2D eigenvalue weighted by Gasteiger charge is -2.07. The monoisotopic (exact) mass is 309 g/mol. The number of para-hydroxylation sites is 1. The zero-order valence-electron chi connectivity index (χ0n) is 12.8. The van der Waals surface area contributed by atoms with Crippen LogP contribution in [0.4, 0.5) is 0 Å². The molecule has 1 heterocycles. The topological polar surface area (TPSA) is 65.7 Å². The fourth-order valence-electron chi connectivity index (χ4n) is 2.20. The molecule has 0 saturated carbocycles. The van der Waals surface area contributed by atoms with Crippen molar-refractivity contribution in [2.45, 2.75) is 0 Å². The molecule has 0 radical (unpaired) electrons. The molecular formula is C17H15N3O3. The predicted octanol–water partition coefficient (Wildman–Crippen LogP) is 2.30. The van der Waals surface area contributed by atoms with Crippen LogP contribution in [-0.4, -0.2) is 30.1 Å². The van der Waals surface area contributed by atoms with Gasteiger partial charge in [-0.1, -0.05) is 12.1 Å². The Balaban J connectivity index is 1.97. The highest BCUT2D eigenvalue weighted by atomic mass is 16.5. The van der Waals surface area contributed by atoms with Gasteiger partial charge in [-0.2, -0.15) is 9.78 Å². The zero-order chi connectivity index (χ0) is 16.2. The number of nitrogens with zero attached hydrogens (tertiary/aromatic N) is 3. The van der Waals surface area contributed by atoms with Crippen molar-refractivity contribution in [2.24, 2.45) is 5.10 Å². The Morgan fingerprint density at radius 3 is 2.65 bits per heavy atom. The molecule has 0 aliphatic rings.